The zero-order chi connectivity index (χ0) is 14.8. The maximum absolute atomic E-state index is 11.0. The van der Waals surface area contributed by atoms with Gasteiger partial charge in [0.05, 0.1) is 11.1 Å². The summed E-state index contributed by atoms with van der Waals surface area (Å²) >= 11 is 0. The summed E-state index contributed by atoms with van der Waals surface area (Å²) < 4.78 is 0. The highest BCUT2D eigenvalue weighted by atomic mass is 16.4. The molecule has 1 aromatic heterocycles. The third-order valence-corrected chi connectivity index (χ3v) is 3.30. The fraction of sp³-hybridized carbons (Fsp3) is 0.0588. The molecule has 0 saturated carbocycles. The first-order valence-corrected chi connectivity index (χ1v) is 6.60. The molecule has 0 spiro atoms. The lowest BCUT2D eigenvalue weighted by atomic mass is 10.1. The van der Waals surface area contributed by atoms with E-state index in [9.17, 15) is 4.79 Å². The SMILES string of the molecule is Cc1cc(Nc2cccc(C(=O)O)c2)nc2ccccc12. The largest absolute Gasteiger partial charge is 0.478 e. The van der Waals surface area contributed by atoms with Gasteiger partial charge in [0.1, 0.15) is 5.82 Å². The maximum Gasteiger partial charge on any atom is 0.335 e. The second kappa shape index (κ2) is 5.25. The van der Waals surface area contributed by atoms with Crippen LogP contribution in [0, 0.1) is 6.92 Å². The predicted octanol–water partition coefficient (Wildman–Crippen LogP) is 3.99. The number of nitrogens with zero attached hydrogens (tertiary/aromatic N) is 1. The van der Waals surface area contributed by atoms with Crippen molar-refractivity contribution in [2.45, 2.75) is 6.92 Å². The molecule has 21 heavy (non-hydrogen) atoms. The number of hydrogen-bond acceptors (Lipinski definition) is 3. The van der Waals surface area contributed by atoms with E-state index in [0.29, 0.717) is 11.5 Å². The molecule has 0 atom stereocenters. The number of rotatable bonds is 3. The fourth-order valence-electron chi connectivity index (χ4n) is 2.29. The van der Waals surface area contributed by atoms with Gasteiger partial charge in [-0.05, 0) is 42.8 Å². The number of hydrogen-bond donors (Lipinski definition) is 2. The zero-order valence-corrected chi connectivity index (χ0v) is 11.5. The summed E-state index contributed by atoms with van der Waals surface area (Å²) in [4.78, 5) is 15.5. The van der Waals surface area contributed by atoms with Crippen molar-refractivity contribution in [3.63, 3.8) is 0 Å². The van der Waals surface area contributed by atoms with E-state index < -0.39 is 5.97 Å². The van der Waals surface area contributed by atoms with Crippen molar-refractivity contribution in [1.82, 2.24) is 4.98 Å². The van der Waals surface area contributed by atoms with Gasteiger partial charge in [-0.3, -0.25) is 0 Å². The first-order chi connectivity index (χ1) is 10.1. The highest BCUT2D eigenvalue weighted by molar-refractivity contribution is 5.89. The Balaban J connectivity index is 1.98. The molecule has 0 aliphatic heterocycles. The van der Waals surface area contributed by atoms with Crippen LogP contribution in [0.4, 0.5) is 11.5 Å². The van der Waals surface area contributed by atoms with E-state index in [1.54, 1.807) is 18.2 Å². The van der Waals surface area contributed by atoms with E-state index in [1.807, 2.05) is 43.3 Å². The van der Waals surface area contributed by atoms with Crippen molar-refractivity contribution in [2.24, 2.45) is 0 Å². The third-order valence-electron chi connectivity index (χ3n) is 3.30. The molecule has 0 amide bonds. The number of para-hydroxylation sites is 1. The van der Waals surface area contributed by atoms with Crippen LogP contribution in [0.5, 0.6) is 0 Å². The van der Waals surface area contributed by atoms with Crippen molar-refractivity contribution in [2.75, 3.05) is 5.32 Å². The van der Waals surface area contributed by atoms with Crippen LogP contribution in [0.1, 0.15) is 15.9 Å². The normalized spacial score (nSPS) is 10.5. The molecule has 1 heterocycles. The predicted molar refractivity (Wildman–Crippen MR) is 83.2 cm³/mol. The van der Waals surface area contributed by atoms with Gasteiger partial charge in [0, 0.05) is 11.1 Å². The number of fused-ring (bicyclic) bond motifs is 1. The molecule has 0 aliphatic carbocycles. The molecule has 104 valence electrons. The second-order valence-electron chi connectivity index (χ2n) is 4.85. The summed E-state index contributed by atoms with van der Waals surface area (Å²) in [5.74, 6) is -0.241. The van der Waals surface area contributed by atoms with Crippen LogP contribution in [-0.2, 0) is 0 Å². The van der Waals surface area contributed by atoms with Gasteiger partial charge in [0.2, 0.25) is 0 Å². The number of nitrogens with one attached hydrogen (secondary N) is 1. The van der Waals surface area contributed by atoms with Crippen molar-refractivity contribution >= 4 is 28.4 Å². The molecule has 0 saturated heterocycles. The highest BCUT2D eigenvalue weighted by Crippen LogP contribution is 2.22. The zero-order valence-electron chi connectivity index (χ0n) is 11.5. The van der Waals surface area contributed by atoms with Crippen LogP contribution in [-0.4, -0.2) is 16.1 Å². The Labute approximate surface area is 122 Å². The first-order valence-electron chi connectivity index (χ1n) is 6.60. The van der Waals surface area contributed by atoms with Crippen molar-refractivity contribution < 1.29 is 9.90 Å². The minimum Gasteiger partial charge on any atom is -0.478 e. The first kappa shape index (κ1) is 13.1. The molecule has 4 nitrogen and oxygen atoms in total. The molecule has 0 unspecified atom stereocenters. The Kier molecular flexibility index (Phi) is 3.28. The molecule has 2 N–H and O–H groups in total. The van der Waals surface area contributed by atoms with Gasteiger partial charge in [-0.1, -0.05) is 24.3 Å². The van der Waals surface area contributed by atoms with E-state index in [0.717, 1.165) is 16.5 Å². The maximum atomic E-state index is 11.0. The topological polar surface area (TPSA) is 62.2 Å². The Morgan fingerprint density at radius 2 is 1.90 bits per heavy atom. The van der Waals surface area contributed by atoms with Crippen LogP contribution in [0.15, 0.2) is 54.6 Å². The number of carboxylic acids is 1. The van der Waals surface area contributed by atoms with Gasteiger partial charge in [-0.25, -0.2) is 9.78 Å². The summed E-state index contributed by atoms with van der Waals surface area (Å²) in [7, 11) is 0. The number of aryl methyl sites for hydroxylation is 1. The smallest absolute Gasteiger partial charge is 0.335 e. The monoisotopic (exact) mass is 278 g/mol. The lowest BCUT2D eigenvalue weighted by Gasteiger charge is -2.09. The minimum absolute atomic E-state index is 0.248. The van der Waals surface area contributed by atoms with Gasteiger partial charge >= 0.3 is 5.97 Å². The Morgan fingerprint density at radius 1 is 1.10 bits per heavy atom. The Morgan fingerprint density at radius 3 is 2.71 bits per heavy atom. The molecular formula is C17H14N2O2. The molecule has 0 radical (unpaired) electrons. The van der Waals surface area contributed by atoms with E-state index in [4.69, 9.17) is 5.11 Å². The van der Waals surface area contributed by atoms with Gasteiger partial charge < -0.3 is 10.4 Å². The van der Waals surface area contributed by atoms with Crippen LogP contribution in [0.2, 0.25) is 0 Å². The summed E-state index contributed by atoms with van der Waals surface area (Å²) in [6.45, 7) is 2.03. The highest BCUT2D eigenvalue weighted by Gasteiger charge is 2.05. The fourth-order valence-corrected chi connectivity index (χ4v) is 2.29. The molecular weight excluding hydrogens is 264 g/mol. The van der Waals surface area contributed by atoms with Crippen molar-refractivity contribution in [1.29, 1.82) is 0 Å². The number of aromatic nitrogens is 1. The van der Waals surface area contributed by atoms with Gasteiger partial charge in [-0.2, -0.15) is 0 Å². The van der Waals surface area contributed by atoms with Crippen molar-refractivity contribution in [3.8, 4) is 0 Å². The number of carbonyl (C=O) groups is 1. The number of pyridine rings is 1. The molecule has 3 aromatic rings. The summed E-state index contributed by atoms with van der Waals surface area (Å²) in [5.41, 5.74) is 2.99. The molecule has 0 aliphatic rings. The Hall–Kier alpha value is -2.88. The molecule has 0 bridgehead atoms. The van der Waals surface area contributed by atoms with Crippen LogP contribution >= 0.6 is 0 Å². The second-order valence-corrected chi connectivity index (χ2v) is 4.85. The standard InChI is InChI=1S/C17H14N2O2/c1-11-9-16(19-15-8-3-2-7-14(11)15)18-13-6-4-5-12(10-13)17(20)21/h2-10H,1H3,(H,18,19)(H,20,21). The number of benzene rings is 2. The van der Waals surface area contributed by atoms with E-state index in [2.05, 4.69) is 10.3 Å². The number of carboxylic acid groups (broad SMARTS) is 1. The summed E-state index contributed by atoms with van der Waals surface area (Å²) in [6.07, 6.45) is 0. The van der Waals surface area contributed by atoms with Gasteiger partial charge in [-0.15, -0.1) is 0 Å². The Bertz CT molecular complexity index is 828. The summed E-state index contributed by atoms with van der Waals surface area (Å²) in [5, 5.41) is 13.3. The number of aromatic carboxylic acids is 1. The molecule has 2 aromatic carbocycles. The molecule has 0 fully saturated rings. The molecule has 4 heteroatoms. The van der Waals surface area contributed by atoms with Crippen LogP contribution in [0.3, 0.4) is 0 Å². The third kappa shape index (κ3) is 2.69. The van der Waals surface area contributed by atoms with Gasteiger partial charge in [0.25, 0.3) is 0 Å². The lowest BCUT2D eigenvalue weighted by Crippen LogP contribution is -1.99. The van der Waals surface area contributed by atoms with E-state index >= 15 is 0 Å². The van der Waals surface area contributed by atoms with Crippen LogP contribution in [0.25, 0.3) is 10.9 Å². The summed E-state index contributed by atoms with van der Waals surface area (Å²) in [6, 6.07) is 16.6. The van der Waals surface area contributed by atoms with Gasteiger partial charge in [0.15, 0.2) is 0 Å². The average Bonchev–Trinajstić information content (AvgIpc) is 2.47. The lowest BCUT2D eigenvalue weighted by molar-refractivity contribution is 0.0697. The van der Waals surface area contributed by atoms with Crippen LogP contribution < -0.4 is 5.32 Å². The minimum atomic E-state index is -0.943. The number of anilines is 2. The average molecular weight is 278 g/mol. The van der Waals surface area contributed by atoms with E-state index in [-0.39, 0.29) is 5.56 Å². The van der Waals surface area contributed by atoms with E-state index in [1.165, 1.54) is 0 Å². The quantitative estimate of drug-likeness (QED) is 0.760. The van der Waals surface area contributed by atoms with Crippen molar-refractivity contribution in [3.05, 3.63) is 65.7 Å². The molecule has 3 rings (SSSR count).